The Morgan fingerprint density at radius 2 is 1.72 bits per heavy atom. The van der Waals surface area contributed by atoms with Gasteiger partial charge in [0, 0.05) is 20.2 Å². The average Bonchev–Trinajstić information content (AvgIpc) is 2.82. The van der Waals surface area contributed by atoms with Gasteiger partial charge in [0.2, 0.25) is 5.91 Å². The number of hydrogen-bond donors (Lipinski definition) is 0. The van der Waals surface area contributed by atoms with Gasteiger partial charge in [-0.1, -0.05) is 60.3 Å². The summed E-state index contributed by atoms with van der Waals surface area (Å²) in [6.45, 7) is 0. The molecule has 0 aliphatic rings. The zero-order valence-electron chi connectivity index (χ0n) is 18.1. The number of methoxy groups -OCH3 is 1. The summed E-state index contributed by atoms with van der Waals surface area (Å²) in [7, 11) is 5.03. The number of likely N-dealkylation sites (N-methyl/N-ethyl adjacent to an activating group) is 1. The van der Waals surface area contributed by atoms with Crippen molar-refractivity contribution in [3.05, 3.63) is 94.8 Å². The molecule has 32 heavy (non-hydrogen) atoms. The molecule has 1 heterocycles. The van der Waals surface area contributed by atoms with Gasteiger partial charge < -0.3 is 9.64 Å². The lowest BCUT2D eigenvalue weighted by Crippen LogP contribution is -2.28. The molecule has 1 amide bonds. The largest absolute Gasteiger partial charge is 0.497 e. The Morgan fingerprint density at radius 3 is 2.44 bits per heavy atom. The maximum Gasteiger partial charge on any atom is 0.266 e. The number of benzene rings is 3. The second-order valence-corrected chi connectivity index (χ2v) is 8.47. The maximum atomic E-state index is 13.5. The van der Waals surface area contributed by atoms with Crippen molar-refractivity contribution in [1.82, 2.24) is 14.5 Å². The number of ether oxygens (including phenoxy) is 1. The van der Waals surface area contributed by atoms with Gasteiger partial charge in [-0.2, -0.15) is 0 Å². The van der Waals surface area contributed by atoms with E-state index < -0.39 is 5.25 Å². The first-order valence-electron chi connectivity index (χ1n) is 10.1. The summed E-state index contributed by atoms with van der Waals surface area (Å²) in [6.07, 6.45) is 0. The molecule has 0 aliphatic carbocycles. The summed E-state index contributed by atoms with van der Waals surface area (Å²) in [5.74, 6) is 0.545. The second kappa shape index (κ2) is 9.28. The molecule has 162 valence electrons. The Bertz CT molecular complexity index is 1320. The first-order chi connectivity index (χ1) is 15.5. The van der Waals surface area contributed by atoms with E-state index in [1.807, 2.05) is 66.7 Å². The second-order valence-electron chi connectivity index (χ2n) is 7.39. The van der Waals surface area contributed by atoms with Crippen LogP contribution in [0.1, 0.15) is 10.8 Å². The maximum absolute atomic E-state index is 13.5. The zero-order chi connectivity index (χ0) is 22.7. The average molecular weight is 446 g/mol. The van der Waals surface area contributed by atoms with Crippen molar-refractivity contribution in [2.75, 3.05) is 21.2 Å². The monoisotopic (exact) mass is 445 g/mol. The molecule has 3 aromatic carbocycles. The summed E-state index contributed by atoms with van der Waals surface area (Å²) in [4.78, 5) is 33.0. The predicted molar refractivity (Wildman–Crippen MR) is 128 cm³/mol. The molecule has 4 aromatic rings. The fourth-order valence-electron chi connectivity index (χ4n) is 3.40. The van der Waals surface area contributed by atoms with Crippen LogP contribution >= 0.6 is 11.8 Å². The molecule has 1 aromatic heterocycles. The Labute approximate surface area is 190 Å². The number of thioether (sulfide) groups is 1. The van der Waals surface area contributed by atoms with Crippen LogP contribution in [-0.2, 0) is 4.79 Å². The normalized spacial score (nSPS) is 11.8. The predicted octanol–water partition coefficient (Wildman–Crippen LogP) is 4.32. The SMILES string of the molecule is COc1cccc(-n2c(S[C@H](C(=O)N(C)C)c3ccccc3)nc3ccccc3c2=O)c1. The van der Waals surface area contributed by atoms with Crippen LogP contribution in [-0.4, -0.2) is 41.6 Å². The fourth-order valence-corrected chi connectivity index (χ4v) is 4.66. The van der Waals surface area contributed by atoms with Crippen LogP contribution in [0, 0.1) is 0 Å². The molecule has 0 radical (unpaired) electrons. The lowest BCUT2D eigenvalue weighted by molar-refractivity contribution is -0.128. The molecule has 0 spiro atoms. The van der Waals surface area contributed by atoms with E-state index in [-0.39, 0.29) is 11.5 Å². The highest BCUT2D eigenvalue weighted by Crippen LogP contribution is 2.36. The van der Waals surface area contributed by atoms with Crippen LogP contribution in [0.3, 0.4) is 0 Å². The van der Waals surface area contributed by atoms with Gasteiger partial charge in [-0.15, -0.1) is 0 Å². The van der Waals surface area contributed by atoms with Gasteiger partial charge >= 0.3 is 0 Å². The Hall–Kier alpha value is -3.58. The molecule has 4 rings (SSSR count). The third kappa shape index (κ3) is 4.24. The Morgan fingerprint density at radius 1 is 1.00 bits per heavy atom. The lowest BCUT2D eigenvalue weighted by atomic mass is 10.1. The van der Waals surface area contributed by atoms with E-state index in [4.69, 9.17) is 9.72 Å². The molecule has 6 nitrogen and oxygen atoms in total. The van der Waals surface area contributed by atoms with Crippen LogP contribution in [0.15, 0.2) is 88.8 Å². The van der Waals surface area contributed by atoms with E-state index in [2.05, 4.69) is 0 Å². The van der Waals surface area contributed by atoms with Crippen molar-refractivity contribution >= 4 is 28.6 Å². The number of aromatic nitrogens is 2. The van der Waals surface area contributed by atoms with E-state index in [0.717, 1.165) is 5.56 Å². The van der Waals surface area contributed by atoms with Gasteiger partial charge in [0.05, 0.1) is 23.7 Å². The third-order valence-corrected chi connectivity index (χ3v) is 6.24. The van der Waals surface area contributed by atoms with Crippen LogP contribution in [0.5, 0.6) is 5.75 Å². The number of carbonyl (C=O) groups excluding carboxylic acids is 1. The third-order valence-electron chi connectivity index (χ3n) is 5.05. The molecule has 0 fully saturated rings. The van der Waals surface area contributed by atoms with Crippen molar-refractivity contribution in [3.8, 4) is 11.4 Å². The number of fused-ring (bicyclic) bond motifs is 1. The lowest BCUT2D eigenvalue weighted by Gasteiger charge is -2.22. The topological polar surface area (TPSA) is 64.4 Å². The van der Waals surface area contributed by atoms with E-state index in [1.165, 1.54) is 11.8 Å². The number of rotatable bonds is 6. The number of carbonyl (C=O) groups is 1. The summed E-state index contributed by atoms with van der Waals surface area (Å²) < 4.78 is 6.91. The standard InChI is InChI=1S/C25H23N3O3S/c1-27(2)24(30)22(17-10-5-4-6-11-17)32-25-26-21-15-8-7-14-20(21)23(29)28(25)18-12-9-13-19(16-18)31-3/h4-16,22H,1-3H3/t22-/m0/s1. The fraction of sp³-hybridized carbons (Fsp3) is 0.160. The molecule has 0 unspecified atom stereocenters. The Kier molecular flexibility index (Phi) is 6.28. The summed E-state index contributed by atoms with van der Waals surface area (Å²) in [5, 5.41) is 0.386. The van der Waals surface area contributed by atoms with Crippen LogP contribution < -0.4 is 10.3 Å². The van der Waals surface area contributed by atoms with Crippen LogP contribution in [0.4, 0.5) is 0 Å². The zero-order valence-corrected chi connectivity index (χ0v) is 18.9. The highest BCUT2D eigenvalue weighted by molar-refractivity contribution is 8.00. The van der Waals surface area contributed by atoms with E-state index in [1.54, 1.807) is 42.8 Å². The minimum Gasteiger partial charge on any atom is -0.497 e. The van der Waals surface area contributed by atoms with Crippen molar-refractivity contribution in [1.29, 1.82) is 0 Å². The molecular formula is C25H23N3O3S. The molecule has 0 aliphatic heterocycles. The van der Waals surface area contributed by atoms with E-state index in [0.29, 0.717) is 27.5 Å². The molecule has 7 heteroatoms. The first-order valence-corrected chi connectivity index (χ1v) is 11.0. The summed E-state index contributed by atoms with van der Waals surface area (Å²) >= 11 is 1.26. The van der Waals surface area contributed by atoms with Gasteiger partial charge in [0.1, 0.15) is 11.0 Å². The minimum absolute atomic E-state index is 0.0826. The van der Waals surface area contributed by atoms with E-state index in [9.17, 15) is 9.59 Å². The highest BCUT2D eigenvalue weighted by atomic mass is 32.2. The summed E-state index contributed by atoms with van der Waals surface area (Å²) in [6, 6.07) is 24.0. The van der Waals surface area contributed by atoms with Crippen molar-refractivity contribution in [2.45, 2.75) is 10.4 Å². The van der Waals surface area contributed by atoms with Crippen molar-refractivity contribution in [2.24, 2.45) is 0 Å². The van der Waals surface area contributed by atoms with Gasteiger partial charge in [-0.25, -0.2) is 4.98 Å². The van der Waals surface area contributed by atoms with Crippen molar-refractivity contribution in [3.63, 3.8) is 0 Å². The van der Waals surface area contributed by atoms with Crippen molar-refractivity contribution < 1.29 is 9.53 Å². The van der Waals surface area contributed by atoms with Crippen LogP contribution in [0.25, 0.3) is 16.6 Å². The quantitative estimate of drug-likeness (QED) is 0.327. The molecule has 0 saturated heterocycles. The number of hydrogen-bond acceptors (Lipinski definition) is 5. The Balaban J connectivity index is 1.94. The molecule has 0 N–H and O–H groups in total. The number of para-hydroxylation sites is 1. The summed E-state index contributed by atoms with van der Waals surface area (Å²) in [5.41, 5.74) is 1.86. The highest BCUT2D eigenvalue weighted by Gasteiger charge is 2.26. The van der Waals surface area contributed by atoms with Gasteiger partial charge in [-0.05, 0) is 29.8 Å². The molecule has 1 atom stereocenters. The van der Waals surface area contributed by atoms with Gasteiger partial charge in [0.25, 0.3) is 5.56 Å². The first kappa shape index (κ1) is 21.6. The van der Waals surface area contributed by atoms with Gasteiger partial charge in [0.15, 0.2) is 5.16 Å². The number of amides is 1. The minimum atomic E-state index is -0.559. The molecule has 0 bridgehead atoms. The van der Waals surface area contributed by atoms with Crippen LogP contribution in [0.2, 0.25) is 0 Å². The van der Waals surface area contributed by atoms with E-state index >= 15 is 0 Å². The smallest absolute Gasteiger partial charge is 0.266 e. The molecule has 0 saturated carbocycles. The number of nitrogens with zero attached hydrogens (tertiary/aromatic N) is 3. The van der Waals surface area contributed by atoms with Gasteiger partial charge in [-0.3, -0.25) is 14.2 Å². The molecular weight excluding hydrogens is 422 g/mol.